The molecule has 82 valence electrons. The molecular weight excluding hydrogens is 193 g/mol. The molecule has 0 unspecified atom stereocenters. The first-order valence-corrected chi connectivity index (χ1v) is 5.55. The number of pyridine rings is 1. The molecule has 0 atom stereocenters. The van der Waals surface area contributed by atoms with Crippen LogP contribution in [0.25, 0.3) is 0 Å². The Labute approximate surface area is 89.2 Å². The third-order valence-corrected chi connectivity index (χ3v) is 3.20. The summed E-state index contributed by atoms with van der Waals surface area (Å²) in [6, 6.07) is 1.60. The molecule has 3 heteroatoms. The van der Waals surface area contributed by atoms with E-state index in [4.69, 9.17) is 0 Å². The lowest BCUT2D eigenvalue weighted by Crippen LogP contribution is -2.26. The van der Waals surface area contributed by atoms with Crippen LogP contribution in [0.5, 0.6) is 0 Å². The zero-order valence-corrected chi connectivity index (χ0v) is 8.75. The van der Waals surface area contributed by atoms with Gasteiger partial charge < -0.3 is 5.11 Å². The summed E-state index contributed by atoms with van der Waals surface area (Å²) in [4.78, 5) is 3.71. The Bertz CT molecular complexity index is 332. The highest BCUT2D eigenvalue weighted by atomic mass is 19.1. The van der Waals surface area contributed by atoms with Gasteiger partial charge in [-0.2, -0.15) is 0 Å². The third-order valence-electron chi connectivity index (χ3n) is 3.20. The molecule has 1 heterocycles. The molecule has 1 aromatic heterocycles. The lowest BCUT2D eigenvalue weighted by atomic mass is 9.87. The smallest absolute Gasteiger partial charge is 0.147 e. The average Bonchev–Trinajstić information content (AvgIpc) is 2.44. The van der Waals surface area contributed by atoms with E-state index < -0.39 is 5.60 Å². The molecule has 1 aliphatic rings. The average molecular weight is 209 g/mol. The second-order valence-electron chi connectivity index (χ2n) is 4.30. The standard InChI is InChI=1S/C12H16FNO/c13-11-9-14-8-5-10(11)12(15)6-3-1-2-4-7-12/h5,8-9,15H,1-4,6-7H2. The van der Waals surface area contributed by atoms with Crippen molar-refractivity contribution < 1.29 is 9.50 Å². The molecule has 0 spiro atoms. The summed E-state index contributed by atoms with van der Waals surface area (Å²) in [5.74, 6) is -0.387. The van der Waals surface area contributed by atoms with Crippen molar-refractivity contribution in [2.45, 2.75) is 44.1 Å². The first-order valence-electron chi connectivity index (χ1n) is 5.55. The van der Waals surface area contributed by atoms with Crippen LogP contribution < -0.4 is 0 Å². The van der Waals surface area contributed by atoms with Crippen molar-refractivity contribution in [3.8, 4) is 0 Å². The second kappa shape index (κ2) is 4.27. The van der Waals surface area contributed by atoms with Crippen LogP contribution in [-0.2, 0) is 5.60 Å². The van der Waals surface area contributed by atoms with Crippen molar-refractivity contribution in [1.29, 1.82) is 0 Å². The number of aliphatic hydroxyl groups is 1. The maximum Gasteiger partial charge on any atom is 0.147 e. The third kappa shape index (κ3) is 2.17. The van der Waals surface area contributed by atoms with E-state index in [-0.39, 0.29) is 5.82 Å². The minimum absolute atomic E-state index is 0.387. The SMILES string of the molecule is OC1(c2ccncc2F)CCCCCC1. The highest BCUT2D eigenvalue weighted by molar-refractivity contribution is 5.21. The minimum atomic E-state index is -0.969. The molecule has 0 amide bonds. The first-order chi connectivity index (χ1) is 7.22. The number of hydrogen-bond acceptors (Lipinski definition) is 2. The molecular formula is C12H16FNO. The van der Waals surface area contributed by atoms with Gasteiger partial charge in [-0.05, 0) is 18.9 Å². The normalized spacial score (nSPS) is 20.9. The van der Waals surface area contributed by atoms with Crippen molar-refractivity contribution in [2.24, 2.45) is 0 Å². The van der Waals surface area contributed by atoms with Gasteiger partial charge in [0.15, 0.2) is 0 Å². The van der Waals surface area contributed by atoms with Crippen LogP contribution in [0.1, 0.15) is 44.1 Å². The molecule has 0 bridgehead atoms. The maximum atomic E-state index is 13.5. The number of aromatic nitrogens is 1. The van der Waals surface area contributed by atoms with Gasteiger partial charge in [0.1, 0.15) is 5.82 Å². The largest absolute Gasteiger partial charge is 0.385 e. The molecule has 1 N–H and O–H groups in total. The molecule has 0 aromatic carbocycles. The van der Waals surface area contributed by atoms with Crippen LogP contribution in [0.4, 0.5) is 4.39 Å². The summed E-state index contributed by atoms with van der Waals surface area (Å²) in [5, 5.41) is 10.4. The predicted molar refractivity (Wildman–Crippen MR) is 55.8 cm³/mol. The van der Waals surface area contributed by atoms with E-state index in [0.29, 0.717) is 18.4 Å². The fraction of sp³-hybridized carbons (Fsp3) is 0.583. The Balaban J connectivity index is 2.30. The van der Waals surface area contributed by atoms with Crippen LogP contribution in [0, 0.1) is 5.82 Å². The van der Waals surface area contributed by atoms with Gasteiger partial charge >= 0.3 is 0 Å². The second-order valence-corrected chi connectivity index (χ2v) is 4.30. The van der Waals surface area contributed by atoms with Crippen molar-refractivity contribution in [3.05, 3.63) is 29.8 Å². The molecule has 0 aliphatic heterocycles. The maximum absolute atomic E-state index is 13.5. The van der Waals surface area contributed by atoms with Crippen molar-refractivity contribution >= 4 is 0 Å². The van der Waals surface area contributed by atoms with Gasteiger partial charge in [-0.15, -0.1) is 0 Å². The van der Waals surface area contributed by atoms with Crippen LogP contribution >= 0.6 is 0 Å². The van der Waals surface area contributed by atoms with Crippen molar-refractivity contribution in [3.63, 3.8) is 0 Å². The Morgan fingerprint density at radius 1 is 1.20 bits per heavy atom. The number of nitrogens with zero attached hydrogens (tertiary/aromatic N) is 1. The van der Waals surface area contributed by atoms with E-state index in [0.717, 1.165) is 25.7 Å². The quantitative estimate of drug-likeness (QED) is 0.721. The molecule has 15 heavy (non-hydrogen) atoms. The topological polar surface area (TPSA) is 33.1 Å². The Morgan fingerprint density at radius 2 is 1.87 bits per heavy atom. The van der Waals surface area contributed by atoms with Gasteiger partial charge in [0.25, 0.3) is 0 Å². The van der Waals surface area contributed by atoms with E-state index >= 15 is 0 Å². The zero-order chi connectivity index (χ0) is 10.7. The Hall–Kier alpha value is -0.960. The fourth-order valence-corrected chi connectivity index (χ4v) is 2.34. The van der Waals surface area contributed by atoms with Gasteiger partial charge in [0.05, 0.1) is 11.8 Å². The summed E-state index contributed by atoms with van der Waals surface area (Å²) >= 11 is 0. The van der Waals surface area contributed by atoms with Gasteiger partial charge in [0, 0.05) is 11.8 Å². The van der Waals surface area contributed by atoms with E-state index in [1.54, 1.807) is 12.3 Å². The molecule has 2 rings (SSSR count). The molecule has 1 saturated carbocycles. The summed E-state index contributed by atoms with van der Waals surface area (Å²) in [6.07, 6.45) is 8.25. The zero-order valence-electron chi connectivity index (χ0n) is 8.75. The molecule has 2 nitrogen and oxygen atoms in total. The van der Waals surface area contributed by atoms with Crippen molar-refractivity contribution in [1.82, 2.24) is 4.98 Å². The van der Waals surface area contributed by atoms with Crippen LogP contribution in [0.2, 0.25) is 0 Å². The van der Waals surface area contributed by atoms with E-state index in [1.807, 2.05) is 0 Å². The lowest BCUT2D eigenvalue weighted by Gasteiger charge is -2.27. The van der Waals surface area contributed by atoms with Crippen LogP contribution in [0.3, 0.4) is 0 Å². The van der Waals surface area contributed by atoms with Crippen LogP contribution in [0.15, 0.2) is 18.5 Å². The highest BCUT2D eigenvalue weighted by Gasteiger charge is 2.32. The number of hydrogen-bond donors (Lipinski definition) is 1. The lowest BCUT2D eigenvalue weighted by molar-refractivity contribution is 0.0172. The number of halogens is 1. The molecule has 0 radical (unpaired) electrons. The highest BCUT2D eigenvalue weighted by Crippen LogP contribution is 2.36. The van der Waals surface area contributed by atoms with E-state index in [2.05, 4.69) is 4.98 Å². The fourth-order valence-electron chi connectivity index (χ4n) is 2.34. The molecule has 1 fully saturated rings. The van der Waals surface area contributed by atoms with Crippen LogP contribution in [-0.4, -0.2) is 10.1 Å². The minimum Gasteiger partial charge on any atom is -0.385 e. The Kier molecular flexibility index (Phi) is 3.00. The molecule has 0 saturated heterocycles. The van der Waals surface area contributed by atoms with Gasteiger partial charge in [0.2, 0.25) is 0 Å². The summed E-state index contributed by atoms with van der Waals surface area (Å²) < 4.78 is 13.5. The van der Waals surface area contributed by atoms with Gasteiger partial charge in [-0.25, -0.2) is 4.39 Å². The van der Waals surface area contributed by atoms with Gasteiger partial charge in [-0.3, -0.25) is 4.98 Å². The van der Waals surface area contributed by atoms with E-state index in [1.165, 1.54) is 6.20 Å². The van der Waals surface area contributed by atoms with Gasteiger partial charge in [-0.1, -0.05) is 25.7 Å². The summed E-state index contributed by atoms with van der Waals surface area (Å²) in [6.45, 7) is 0. The molecule has 1 aliphatic carbocycles. The van der Waals surface area contributed by atoms with Crippen molar-refractivity contribution in [2.75, 3.05) is 0 Å². The summed E-state index contributed by atoms with van der Waals surface area (Å²) in [7, 11) is 0. The summed E-state index contributed by atoms with van der Waals surface area (Å²) in [5.41, 5.74) is -0.553. The monoisotopic (exact) mass is 209 g/mol. The first kappa shape index (κ1) is 10.6. The predicted octanol–water partition coefficient (Wildman–Crippen LogP) is 2.76. The van der Waals surface area contributed by atoms with E-state index in [9.17, 15) is 9.50 Å². The number of rotatable bonds is 1. The molecule has 1 aromatic rings. The Morgan fingerprint density at radius 3 is 2.47 bits per heavy atom.